The molecule has 0 aromatic heterocycles. The molecule has 0 aliphatic rings. The highest BCUT2D eigenvalue weighted by Crippen LogP contribution is 2.13. The van der Waals surface area contributed by atoms with Crippen LogP contribution < -0.4 is 0 Å². The van der Waals surface area contributed by atoms with E-state index in [0.717, 1.165) is 19.3 Å². The molecule has 0 bridgehead atoms. The molecule has 172 valence electrons. The van der Waals surface area contributed by atoms with E-state index < -0.39 is 0 Å². The highest BCUT2D eigenvalue weighted by molar-refractivity contribution is 5.69. The van der Waals surface area contributed by atoms with Crippen LogP contribution in [0.5, 0.6) is 0 Å². The average molecular weight is 415 g/mol. The Labute approximate surface area is 179 Å². The van der Waals surface area contributed by atoms with Crippen molar-refractivity contribution in [2.24, 2.45) is 0 Å². The van der Waals surface area contributed by atoms with Gasteiger partial charge in [-0.1, -0.05) is 90.9 Å². The van der Waals surface area contributed by atoms with Crippen molar-refractivity contribution in [3.8, 4) is 0 Å². The lowest BCUT2D eigenvalue weighted by Crippen LogP contribution is -2.14. The van der Waals surface area contributed by atoms with E-state index in [1.807, 2.05) is 6.92 Å². The molecule has 0 aliphatic carbocycles. The summed E-state index contributed by atoms with van der Waals surface area (Å²) in [6.45, 7) is 5.40. The second kappa shape index (κ2) is 23.2. The summed E-state index contributed by atoms with van der Waals surface area (Å²) in [4.78, 5) is 22.8. The molecule has 0 heterocycles. The Hall–Kier alpha value is -1.10. The molecule has 5 nitrogen and oxygen atoms in total. The van der Waals surface area contributed by atoms with Crippen molar-refractivity contribution in [1.82, 2.24) is 0 Å². The summed E-state index contributed by atoms with van der Waals surface area (Å²) in [5.74, 6) is -0.341. The number of unbranched alkanes of at least 4 members (excludes halogenated alkanes) is 12. The first-order valence-corrected chi connectivity index (χ1v) is 12.1. The van der Waals surface area contributed by atoms with Crippen molar-refractivity contribution in [2.75, 3.05) is 26.4 Å². The van der Waals surface area contributed by atoms with Gasteiger partial charge in [0.05, 0.1) is 13.2 Å². The fraction of sp³-hybridized carbons (Fsp3) is 0.917. The largest absolute Gasteiger partial charge is 0.463 e. The van der Waals surface area contributed by atoms with Gasteiger partial charge in [-0.05, 0) is 12.8 Å². The van der Waals surface area contributed by atoms with Crippen LogP contribution in [-0.4, -0.2) is 38.4 Å². The number of hydrogen-bond acceptors (Lipinski definition) is 5. The molecule has 5 heteroatoms. The van der Waals surface area contributed by atoms with Gasteiger partial charge in [-0.15, -0.1) is 0 Å². The molecule has 0 rings (SSSR count). The van der Waals surface area contributed by atoms with Gasteiger partial charge in [0.15, 0.2) is 0 Å². The molecule has 0 amide bonds. The lowest BCUT2D eigenvalue weighted by atomic mass is 10.0. The average Bonchev–Trinajstić information content (AvgIpc) is 2.71. The van der Waals surface area contributed by atoms with E-state index in [0.29, 0.717) is 26.1 Å². The van der Waals surface area contributed by atoms with Gasteiger partial charge in [0, 0.05) is 12.8 Å². The zero-order valence-corrected chi connectivity index (χ0v) is 19.2. The van der Waals surface area contributed by atoms with Crippen LogP contribution in [-0.2, 0) is 23.8 Å². The fourth-order valence-corrected chi connectivity index (χ4v) is 3.17. The lowest BCUT2D eigenvalue weighted by Gasteiger charge is -2.07. The zero-order chi connectivity index (χ0) is 21.4. The summed E-state index contributed by atoms with van der Waals surface area (Å²) < 4.78 is 15.4. The van der Waals surface area contributed by atoms with Crippen molar-refractivity contribution in [1.29, 1.82) is 0 Å². The second-order valence-electron chi connectivity index (χ2n) is 7.80. The van der Waals surface area contributed by atoms with Crippen LogP contribution in [0.15, 0.2) is 0 Å². The van der Waals surface area contributed by atoms with Crippen LogP contribution in [0.1, 0.15) is 117 Å². The maximum atomic E-state index is 11.6. The molecule has 0 saturated heterocycles. The van der Waals surface area contributed by atoms with Crippen LogP contribution in [0.25, 0.3) is 0 Å². The van der Waals surface area contributed by atoms with Crippen molar-refractivity contribution in [2.45, 2.75) is 117 Å². The van der Waals surface area contributed by atoms with Crippen LogP contribution in [0.2, 0.25) is 0 Å². The predicted molar refractivity (Wildman–Crippen MR) is 118 cm³/mol. The van der Waals surface area contributed by atoms with E-state index in [1.165, 1.54) is 70.6 Å². The Morgan fingerprint density at radius 3 is 1.34 bits per heavy atom. The first-order valence-electron chi connectivity index (χ1n) is 12.1. The SMILES string of the molecule is CCCCCCCCCCCCCCCC(=O)OCCOCCOC(=O)CCC. The monoisotopic (exact) mass is 414 g/mol. The second-order valence-corrected chi connectivity index (χ2v) is 7.80. The van der Waals surface area contributed by atoms with Crippen molar-refractivity contribution in [3.05, 3.63) is 0 Å². The third kappa shape index (κ3) is 23.0. The number of hydrogen-bond donors (Lipinski definition) is 0. The van der Waals surface area contributed by atoms with Gasteiger partial charge in [0.1, 0.15) is 13.2 Å². The zero-order valence-electron chi connectivity index (χ0n) is 19.2. The minimum Gasteiger partial charge on any atom is -0.463 e. The van der Waals surface area contributed by atoms with E-state index in [1.54, 1.807) is 0 Å². The molecular weight excluding hydrogens is 368 g/mol. The molecule has 0 N–H and O–H groups in total. The van der Waals surface area contributed by atoms with Gasteiger partial charge in [-0.2, -0.15) is 0 Å². The summed E-state index contributed by atoms with van der Waals surface area (Å²) in [6, 6.07) is 0. The molecule has 0 aromatic rings. The van der Waals surface area contributed by atoms with Crippen LogP contribution in [0.3, 0.4) is 0 Å². The van der Waals surface area contributed by atoms with Gasteiger partial charge < -0.3 is 14.2 Å². The lowest BCUT2D eigenvalue weighted by molar-refractivity contribution is -0.146. The van der Waals surface area contributed by atoms with E-state index in [-0.39, 0.29) is 25.2 Å². The standard InChI is InChI=1S/C24H46O5/c1-3-5-6-7-8-9-10-11-12-13-14-15-16-18-24(26)29-22-20-27-19-21-28-23(25)17-4-2/h3-22H2,1-2H3. The smallest absolute Gasteiger partial charge is 0.305 e. The third-order valence-electron chi connectivity index (χ3n) is 4.92. The van der Waals surface area contributed by atoms with E-state index in [4.69, 9.17) is 14.2 Å². The highest BCUT2D eigenvalue weighted by Gasteiger charge is 2.03. The van der Waals surface area contributed by atoms with Gasteiger partial charge >= 0.3 is 11.9 Å². The predicted octanol–water partition coefficient (Wildman–Crippen LogP) is 6.37. The summed E-state index contributed by atoms with van der Waals surface area (Å²) in [7, 11) is 0. The summed E-state index contributed by atoms with van der Waals surface area (Å²) in [5, 5.41) is 0. The first kappa shape index (κ1) is 27.9. The third-order valence-corrected chi connectivity index (χ3v) is 4.92. The first-order chi connectivity index (χ1) is 14.2. The summed E-state index contributed by atoms with van der Waals surface area (Å²) in [5.41, 5.74) is 0. The molecule has 0 atom stereocenters. The number of ether oxygens (including phenoxy) is 3. The molecule has 0 fully saturated rings. The van der Waals surface area contributed by atoms with Crippen LogP contribution in [0, 0.1) is 0 Å². The molecule has 0 spiro atoms. The number of carbonyl (C=O) groups excluding carboxylic acids is 2. The van der Waals surface area contributed by atoms with Gasteiger partial charge in [-0.3, -0.25) is 9.59 Å². The van der Waals surface area contributed by atoms with Crippen molar-refractivity contribution >= 4 is 11.9 Å². The molecule has 0 unspecified atom stereocenters. The quantitative estimate of drug-likeness (QED) is 0.152. The van der Waals surface area contributed by atoms with Crippen LogP contribution >= 0.6 is 0 Å². The number of esters is 2. The number of rotatable bonds is 22. The summed E-state index contributed by atoms with van der Waals surface area (Å²) >= 11 is 0. The fourth-order valence-electron chi connectivity index (χ4n) is 3.17. The van der Waals surface area contributed by atoms with Gasteiger partial charge in [0.25, 0.3) is 0 Å². The maximum Gasteiger partial charge on any atom is 0.305 e. The van der Waals surface area contributed by atoms with Crippen molar-refractivity contribution < 1.29 is 23.8 Å². The molecule has 29 heavy (non-hydrogen) atoms. The molecule has 0 saturated carbocycles. The summed E-state index contributed by atoms with van der Waals surface area (Å²) in [6.07, 6.45) is 18.6. The minimum absolute atomic E-state index is 0.147. The minimum atomic E-state index is -0.194. The Kier molecular flexibility index (Phi) is 22.3. The normalized spacial score (nSPS) is 10.8. The van der Waals surface area contributed by atoms with Crippen LogP contribution in [0.4, 0.5) is 0 Å². The highest BCUT2D eigenvalue weighted by atomic mass is 16.6. The Morgan fingerprint density at radius 2 is 0.897 bits per heavy atom. The van der Waals surface area contributed by atoms with E-state index in [9.17, 15) is 9.59 Å². The van der Waals surface area contributed by atoms with E-state index in [2.05, 4.69) is 6.92 Å². The Morgan fingerprint density at radius 1 is 0.483 bits per heavy atom. The number of carbonyl (C=O) groups is 2. The molecule has 0 aliphatic heterocycles. The topological polar surface area (TPSA) is 61.8 Å². The Bertz CT molecular complexity index is 370. The molecule has 0 radical (unpaired) electrons. The van der Waals surface area contributed by atoms with E-state index >= 15 is 0 Å². The molecular formula is C24H46O5. The Balaban J connectivity index is 3.20. The maximum absolute atomic E-state index is 11.6. The van der Waals surface area contributed by atoms with Crippen molar-refractivity contribution in [3.63, 3.8) is 0 Å². The van der Waals surface area contributed by atoms with Gasteiger partial charge in [0.2, 0.25) is 0 Å². The van der Waals surface area contributed by atoms with Gasteiger partial charge in [-0.25, -0.2) is 0 Å². The molecule has 0 aromatic carbocycles.